The molecule has 0 amide bonds. The van der Waals surface area contributed by atoms with Gasteiger partial charge >= 0.3 is 39.5 Å². The topological polar surface area (TPSA) is 237 Å². The van der Waals surface area contributed by atoms with Crippen LogP contribution in [0.1, 0.15) is 396 Å². The van der Waals surface area contributed by atoms with Crippen LogP contribution in [0.5, 0.6) is 0 Å². The molecule has 0 fully saturated rings. The highest BCUT2D eigenvalue weighted by Crippen LogP contribution is 2.45. The van der Waals surface area contributed by atoms with E-state index >= 15 is 0 Å². The third kappa shape index (κ3) is 70.9. The van der Waals surface area contributed by atoms with Crippen LogP contribution in [0.4, 0.5) is 0 Å². The summed E-state index contributed by atoms with van der Waals surface area (Å²) in [5.74, 6) is 0.914. The Labute approximate surface area is 594 Å². The molecule has 0 radical (unpaired) electrons. The van der Waals surface area contributed by atoms with Crippen molar-refractivity contribution in [2.45, 2.75) is 414 Å². The Morgan fingerprint density at radius 3 is 0.732 bits per heavy atom. The lowest BCUT2D eigenvalue weighted by atomic mass is 10.00. The van der Waals surface area contributed by atoms with E-state index in [0.29, 0.717) is 31.6 Å². The second-order valence-corrected chi connectivity index (χ2v) is 32.7. The second-order valence-electron chi connectivity index (χ2n) is 29.8. The Kier molecular flexibility index (Phi) is 65.9. The SMILES string of the molecule is CCC(C)CCCCCCCCC(=O)O[C@H](COC(=O)CCCCCCCCCC(C)C)COP(=O)(O)OCC(O)COP(=O)(O)OC[C@@H](COC(=O)CCCCCCCCCCCCCCCC(C)C)OC(=O)CCCCCCCCCCCCCCCCCCCCC(C)C. The molecule has 17 nitrogen and oxygen atoms in total. The average Bonchev–Trinajstić information content (AvgIpc) is 1.52. The van der Waals surface area contributed by atoms with E-state index in [9.17, 15) is 43.2 Å². The average molecular weight is 1420 g/mol. The van der Waals surface area contributed by atoms with Crippen molar-refractivity contribution < 1.29 is 80.2 Å². The summed E-state index contributed by atoms with van der Waals surface area (Å²) in [4.78, 5) is 72.8. The molecule has 0 aliphatic heterocycles. The van der Waals surface area contributed by atoms with Gasteiger partial charge in [-0.25, -0.2) is 9.13 Å². The Balaban J connectivity index is 5.21. The van der Waals surface area contributed by atoms with E-state index in [2.05, 4.69) is 55.4 Å². The van der Waals surface area contributed by atoms with E-state index in [0.717, 1.165) is 114 Å². The lowest BCUT2D eigenvalue weighted by Crippen LogP contribution is -2.30. The predicted molar refractivity (Wildman–Crippen MR) is 395 cm³/mol. The van der Waals surface area contributed by atoms with Crippen LogP contribution in [0.15, 0.2) is 0 Å². The standard InChI is InChI=1S/C78H152O17P2/c1-9-71(8)57-49-41-36-37-45-53-61-78(83)95-74(65-89-76(81)59-51-43-35-29-32-40-48-56-70(6)7)67-93-97(86,87)91-63-72(79)62-90-96(84,85)92-66-73(64-88-75(80)58-50-42-33-27-23-20-16-18-22-26-31-39-47-55-69(4)5)94-77(82)60-52-44-34-28-24-19-15-13-11-10-12-14-17-21-25-30-38-46-54-68(2)3/h68-74,79H,9-67H2,1-8H3,(H,84,85)(H,86,87)/t71?,72?,73-,74-/m1/s1. The van der Waals surface area contributed by atoms with Crippen LogP contribution in [0.25, 0.3) is 0 Å². The normalized spacial score (nSPS) is 14.4. The number of phosphoric ester groups is 2. The number of hydrogen-bond donors (Lipinski definition) is 3. The molecule has 0 aromatic heterocycles. The molecule has 0 aromatic rings. The Morgan fingerprint density at radius 1 is 0.289 bits per heavy atom. The number of carbonyl (C=O) groups excluding carboxylic acids is 4. The van der Waals surface area contributed by atoms with Gasteiger partial charge in [0, 0.05) is 25.7 Å². The van der Waals surface area contributed by atoms with Gasteiger partial charge in [0.05, 0.1) is 26.4 Å². The van der Waals surface area contributed by atoms with Crippen LogP contribution in [-0.4, -0.2) is 96.7 Å². The molecule has 3 N–H and O–H groups in total. The van der Waals surface area contributed by atoms with Crippen LogP contribution in [0, 0.1) is 23.7 Å². The van der Waals surface area contributed by atoms with Crippen LogP contribution < -0.4 is 0 Å². The molecule has 0 aliphatic carbocycles. The van der Waals surface area contributed by atoms with E-state index in [1.54, 1.807) is 0 Å². The minimum Gasteiger partial charge on any atom is -0.462 e. The third-order valence-electron chi connectivity index (χ3n) is 18.4. The summed E-state index contributed by atoms with van der Waals surface area (Å²) in [5, 5.41) is 10.6. The minimum atomic E-state index is -4.96. The van der Waals surface area contributed by atoms with Gasteiger partial charge in [-0.3, -0.25) is 37.3 Å². The van der Waals surface area contributed by atoms with Gasteiger partial charge in [0.25, 0.3) is 0 Å². The van der Waals surface area contributed by atoms with Gasteiger partial charge in [-0.1, -0.05) is 344 Å². The fourth-order valence-corrected chi connectivity index (χ4v) is 13.5. The molecular formula is C78H152O17P2. The molecule has 97 heavy (non-hydrogen) atoms. The predicted octanol–water partition coefficient (Wildman–Crippen LogP) is 22.8. The van der Waals surface area contributed by atoms with Gasteiger partial charge < -0.3 is 33.8 Å². The molecule has 576 valence electrons. The molecule has 0 rings (SSSR count). The molecule has 0 bridgehead atoms. The minimum absolute atomic E-state index is 0.102. The Hall–Kier alpha value is -1.94. The van der Waals surface area contributed by atoms with Crippen molar-refractivity contribution in [2.75, 3.05) is 39.6 Å². The Morgan fingerprint density at radius 2 is 0.495 bits per heavy atom. The van der Waals surface area contributed by atoms with Crippen LogP contribution in [0.3, 0.4) is 0 Å². The van der Waals surface area contributed by atoms with E-state index in [-0.39, 0.29) is 25.7 Å². The van der Waals surface area contributed by atoms with Crippen molar-refractivity contribution in [1.82, 2.24) is 0 Å². The number of aliphatic hydroxyl groups is 1. The largest absolute Gasteiger partial charge is 0.472 e. The molecule has 0 saturated heterocycles. The number of esters is 4. The highest BCUT2D eigenvalue weighted by Gasteiger charge is 2.30. The number of aliphatic hydroxyl groups excluding tert-OH is 1. The second kappa shape index (κ2) is 67.2. The number of phosphoric acid groups is 2. The fraction of sp³-hybridized carbons (Fsp3) is 0.949. The maximum absolute atomic E-state index is 13.1. The zero-order valence-electron chi connectivity index (χ0n) is 63.7. The molecular weight excluding hydrogens is 1270 g/mol. The first-order chi connectivity index (χ1) is 46.6. The zero-order chi connectivity index (χ0) is 71.7. The van der Waals surface area contributed by atoms with Gasteiger partial charge in [-0.15, -0.1) is 0 Å². The van der Waals surface area contributed by atoms with E-state index in [1.165, 1.54) is 193 Å². The quantitative estimate of drug-likeness (QED) is 0.0222. The lowest BCUT2D eigenvalue weighted by molar-refractivity contribution is -0.161. The van der Waals surface area contributed by atoms with Gasteiger partial charge in [0.15, 0.2) is 12.2 Å². The fourth-order valence-electron chi connectivity index (χ4n) is 11.9. The van der Waals surface area contributed by atoms with Crippen molar-refractivity contribution in [2.24, 2.45) is 23.7 Å². The van der Waals surface area contributed by atoms with Gasteiger partial charge in [-0.2, -0.15) is 0 Å². The third-order valence-corrected chi connectivity index (χ3v) is 20.3. The molecule has 4 unspecified atom stereocenters. The maximum Gasteiger partial charge on any atom is 0.472 e. The highest BCUT2D eigenvalue weighted by atomic mass is 31.2. The number of carbonyl (C=O) groups is 4. The molecule has 0 aromatic carbocycles. The summed E-state index contributed by atoms with van der Waals surface area (Å²) in [6, 6.07) is 0. The summed E-state index contributed by atoms with van der Waals surface area (Å²) in [5.41, 5.74) is 0. The van der Waals surface area contributed by atoms with Crippen molar-refractivity contribution in [3.63, 3.8) is 0 Å². The number of unbranched alkanes of at least 4 members (excludes halogenated alkanes) is 40. The van der Waals surface area contributed by atoms with Crippen LogP contribution >= 0.6 is 15.6 Å². The molecule has 0 saturated carbocycles. The molecule has 0 heterocycles. The monoisotopic (exact) mass is 1420 g/mol. The van der Waals surface area contributed by atoms with Crippen LogP contribution in [0.2, 0.25) is 0 Å². The van der Waals surface area contributed by atoms with Gasteiger partial charge in [-0.05, 0) is 49.4 Å². The van der Waals surface area contributed by atoms with Crippen LogP contribution in [-0.2, 0) is 65.4 Å². The van der Waals surface area contributed by atoms with E-state index < -0.39 is 97.5 Å². The Bertz CT molecular complexity index is 1900. The summed E-state index contributed by atoms with van der Waals surface area (Å²) < 4.78 is 68.5. The summed E-state index contributed by atoms with van der Waals surface area (Å²) >= 11 is 0. The molecule has 6 atom stereocenters. The van der Waals surface area contributed by atoms with Crippen molar-refractivity contribution in [3.05, 3.63) is 0 Å². The number of ether oxygens (including phenoxy) is 4. The van der Waals surface area contributed by atoms with Gasteiger partial charge in [0.1, 0.15) is 19.3 Å². The first-order valence-electron chi connectivity index (χ1n) is 40.2. The van der Waals surface area contributed by atoms with Crippen molar-refractivity contribution in [3.8, 4) is 0 Å². The summed E-state index contributed by atoms with van der Waals surface area (Å²) in [7, 11) is -9.91. The number of hydrogen-bond acceptors (Lipinski definition) is 15. The zero-order valence-corrected chi connectivity index (χ0v) is 65.5. The van der Waals surface area contributed by atoms with Gasteiger partial charge in [0.2, 0.25) is 0 Å². The smallest absolute Gasteiger partial charge is 0.462 e. The van der Waals surface area contributed by atoms with Crippen molar-refractivity contribution >= 4 is 39.5 Å². The first kappa shape index (κ1) is 95.1. The van der Waals surface area contributed by atoms with E-state index in [4.69, 9.17) is 37.0 Å². The molecule has 0 aliphatic rings. The highest BCUT2D eigenvalue weighted by molar-refractivity contribution is 7.47. The first-order valence-corrected chi connectivity index (χ1v) is 43.2. The maximum atomic E-state index is 13.1. The molecule has 0 spiro atoms. The summed E-state index contributed by atoms with van der Waals surface area (Å²) in [6.45, 7) is 14.2. The van der Waals surface area contributed by atoms with E-state index in [1.807, 2.05) is 0 Å². The van der Waals surface area contributed by atoms with Crippen molar-refractivity contribution in [1.29, 1.82) is 0 Å². The summed E-state index contributed by atoms with van der Waals surface area (Å²) in [6.07, 6.45) is 53.0. The lowest BCUT2D eigenvalue weighted by Gasteiger charge is -2.21. The molecule has 19 heteroatoms. The number of rotatable bonds is 75.